The number of amides is 2. The molecule has 0 saturated carbocycles. The van der Waals surface area contributed by atoms with E-state index in [2.05, 4.69) is 15.5 Å². The molecule has 7 nitrogen and oxygen atoms in total. The summed E-state index contributed by atoms with van der Waals surface area (Å²) < 4.78 is 23.7. The lowest BCUT2D eigenvalue weighted by molar-refractivity contribution is 0.164. The smallest absolute Gasteiger partial charge is 0.317 e. The maximum Gasteiger partial charge on any atom is 0.317 e. The topological polar surface area (TPSA) is 80.5 Å². The molecule has 1 aromatic carbocycles. The Labute approximate surface area is 151 Å². The maximum atomic E-state index is 12.9. The maximum absolute atomic E-state index is 12.9. The monoisotopic (exact) mass is 362 g/mol. The number of likely N-dealkylation sites (tertiary alicyclic amines) is 1. The van der Waals surface area contributed by atoms with Crippen molar-refractivity contribution in [3.05, 3.63) is 41.8 Å². The van der Waals surface area contributed by atoms with Crippen molar-refractivity contribution in [3.63, 3.8) is 0 Å². The zero-order chi connectivity index (χ0) is 18.5. The normalized spacial score (nSPS) is 18.4. The van der Waals surface area contributed by atoms with Gasteiger partial charge in [0.05, 0.1) is 12.0 Å². The van der Waals surface area contributed by atoms with Crippen molar-refractivity contribution in [2.45, 2.75) is 38.6 Å². The molecule has 1 aliphatic heterocycles. The first-order valence-electron chi connectivity index (χ1n) is 8.75. The van der Waals surface area contributed by atoms with Crippen molar-refractivity contribution in [1.82, 2.24) is 20.4 Å². The van der Waals surface area contributed by atoms with Crippen LogP contribution in [0.2, 0.25) is 0 Å². The summed E-state index contributed by atoms with van der Waals surface area (Å²) in [5.41, 5.74) is 0. The Morgan fingerprint density at radius 3 is 2.92 bits per heavy atom. The van der Waals surface area contributed by atoms with E-state index in [1.165, 1.54) is 12.1 Å². The van der Waals surface area contributed by atoms with Gasteiger partial charge in [0.2, 0.25) is 5.89 Å². The predicted octanol–water partition coefficient (Wildman–Crippen LogP) is 2.87. The molecule has 2 aromatic rings. The molecule has 0 spiro atoms. The van der Waals surface area contributed by atoms with Crippen LogP contribution < -0.4 is 10.1 Å². The Kier molecular flexibility index (Phi) is 5.70. The lowest BCUT2D eigenvalue weighted by Gasteiger charge is -2.32. The lowest BCUT2D eigenvalue weighted by atomic mass is 9.98. The van der Waals surface area contributed by atoms with Gasteiger partial charge in [-0.3, -0.25) is 0 Å². The number of piperidine rings is 1. The Hall–Kier alpha value is -2.64. The van der Waals surface area contributed by atoms with Crippen LogP contribution in [0.1, 0.15) is 37.4 Å². The number of benzene rings is 1. The van der Waals surface area contributed by atoms with Gasteiger partial charge in [-0.25, -0.2) is 9.18 Å². The number of urea groups is 1. The highest BCUT2D eigenvalue weighted by Crippen LogP contribution is 2.25. The second-order valence-corrected chi connectivity index (χ2v) is 6.58. The van der Waals surface area contributed by atoms with Gasteiger partial charge in [-0.05, 0) is 51.0 Å². The quantitative estimate of drug-likeness (QED) is 0.885. The molecule has 0 unspecified atom stereocenters. The molecular weight excluding hydrogens is 339 g/mol. The van der Waals surface area contributed by atoms with Crippen molar-refractivity contribution < 1.29 is 18.4 Å². The van der Waals surface area contributed by atoms with Crippen molar-refractivity contribution in [3.8, 4) is 5.75 Å². The summed E-state index contributed by atoms with van der Waals surface area (Å²) in [4.78, 5) is 18.5. The number of hydrogen-bond donors (Lipinski definition) is 1. The number of aryl methyl sites for hydroxylation is 1. The van der Waals surface area contributed by atoms with E-state index < -0.39 is 0 Å². The number of carbonyl (C=O) groups is 1. The van der Waals surface area contributed by atoms with Gasteiger partial charge in [-0.15, -0.1) is 0 Å². The Morgan fingerprint density at radius 2 is 2.23 bits per heavy atom. The molecule has 2 atom stereocenters. The van der Waals surface area contributed by atoms with Gasteiger partial charge in [0.15, 0.2) is 5.82 Å². The number of halogens is 1. The second kappa shape index (κ2) is 8.16. The first kappa shape index (κ1) is 18.2. The zero-order valence-corrected chi connectivity index (χ0v) is 14.9. The molecule has 26 heavy (non-hydrogen) atoms. The van der Waals surface area contributed by atoms with Gasteiger partial charge in [-0.2, -0.15) is 4.98 Å². The van der Waals surface area contributed by atoms with Crippen molar-refractivity contribution in [2.75, 3.05) is 19.7 Å². The molecule has 0 bridgehead atoms. The van der Waals surface area contributed by atoms with E-state index in [4.69, 9.17) is 9.26 Å². The minimum absolute atomic E-state index is 0.0708. The minimum Gasteiger partial charge on any atom is -0.491 e. The molecule has 3 rings (SSSR count). The second-order valence-electron chi connectivity index (χ2n) is 6.58. The molecule has 140 valence electrons. The highest BCUT2D eigenvalue weighted by Gasteiger charge is 2.28. The molecule has 1 N–H and O–H groups in total. The van der Waals surface area contributed by atoms with Gasteiger partial charge in [0.25, 0.3) is 0 Å². The zero-order valence-electron chi connectivity index (χ0n) is 14.9. The summed E-state index contributed by atoms with van der Waals surface area (Å²) >= 11 is 0. The van der Waals surface area contributed by atoms with Crippen LogP contribution in [0.25, 0.3) is 0 Å². The van der Waals surface area contributed by atoms with E-state index in [0.717, 1.165) is 12.8 Å². The van der Waals surface area contributed by atoms with Crippen molar-refractivity contribution in [2.24, 2.45) is 0 Å². The number of ether oxygens (including phenoxy) is 1. The lowest BCUT2D eigenvalue weighted by Crippen LogP contribution is -2.48. The summed E-state index contributed by atoms with van der Waals surface area (Å²) in [6.45, 7) is 5.20. The van der Waals surface area contributed by atoms with Crippen LogP contribution >= 0.6 is 0 Å². The third-order valence-corrected chi connectivity index (χ3v) is 4.28. The summed E-state index contributed by atoms with van der Waals surface area (Å²) in [7, 11) is 0. The molecule has 1 aliphatic rings. The fourth-order valence-electron chi connectivity index (χ4n) is 2.94. The van der Waals surface area contributed by atoms with Crippen molar-refractivity contribution in [1.29, 1.82) is 0 Å². The minimum atomic E-state index is -0.310. The SMILES string of the molecule is Cc1noc([C@H]2CCCN(C(=O)N[C@@H](C)COc3ccc(F)cc3)C2)n1. The third-order valence-electron chi connectivity index (χ3n) is 4.28. The first-order valence-corrected chi connectivity index (χ1v) is 8.75. The van der Waals surface area contributed by atoms with Gasteiger partial charge in [0.1, 0.15) is 18.2 Å². The average molecular weight is 362 g/mol. The predicted molar refractivity (Wildman–Crippen MR) is 92.5 cm³/mol. The van der Waals surface area contributed by atoms with Crippen LogP contribution in [0, 0.1) is 12.7 Å². The molecule has 2 heterocycles. The van der Waals surface area contributed by atoms with E-state index in [0.29, 0.717) is 37.2 Å². The van der Waals surface area contributed by atoms with Crippen LogP contribution in [0.5, 0.6) is 5.75 Å². The van der Waals surface area contributed by atoms with Gasteiger partial charge in [-0.1, -0.05) is 5.16 Å². The number of aromatic nitrogens is 2. The van der Waals surface area contributed by atoms with Crippen LogP contribution in [0.15, 0.2) is 28.8 Å². The van der Waals surface area contributed by atoms with E-state index >= 15 is 0 Å². The Balaban J connectivity index is 1.48. The average Bonchev–Trinajstić information content (AvgIpc) is 3.08. The molecule has 1 fully saturated rings. The van der Waals surface area contributed by atoms with Gasteiger partial charge >= 0.3 is 6.03 Å². The Morgan fingerprint density at radius 1 is 1.46 bits per heavy atom. The molecule has 0 radical (unpaired) electrons. The molecule has 1 aromatic heterocycles. The van der Waals surface area contributed by atoms with Gasteiger partial charge < -0.3 is 19.5 Å². The largest absolute Gasteiger partial charge is 0.491 e. The van der Waals surface area contributed by atoms with Crippen LogP contribution in [0.3, 0.4) is 0 Å². The van der Waals surface area contributed by atoms with Crippen LogP contribution in [-0.2, 0) is 0 Å². The highest BCUT2D eigenvalue weighted by molar-refractivity contribution is 5.74. The number of carbonyl (C=O) groups excluding carboxylic acids is 1. The number of rotatable bonds is 5. The number of nitrogens with zero attached hydrogens (tertiary/aromatic N) is 3. The fraction of sp³-hybridized carbons (Fsp3) is 0.500. The first-order chi connectivity index (χ1) is 12.5. The summed E-state index contributed by atoms with van der Waals surface area (Å²) in [6.07, 6.45) is 1.81. The Bertz CT molecular complexity index is 734. The van der Waals surface area contributed by atoms with E-state index in [1.54, 1.807) is 24.0 Å². The molecule has 8 heteroatoms. The molecule has 2 amide bonds. The van der Waals surface area contributed by atoms with Gasteiger partial charge in [0, 0.05) is 13.1 Å². The standard InChI is InChI=1S/C18H23FN4O3/c1-12(11-25-16-7-5-15(19)6-8-16)20-18(24)23-9-3-4-14(10-23)17-21-13(2)22-26-17/h5-8,12,14H,3-4,9-11H2,1-2H3,(H,20,24)/t12-,14-/m0/s1. The molecular formula is C18H23FN4O3. The fourth-order valence-corrected chi connectivity index (χ4v) is 2.94. The summed E-state index contributed by atoms with van der Waals surface area (Å²) in [5.74, 6) is 1.52. The molecule has 0 aliphatic carbocycles. The highest BCUT2D eigenvalue weighted by atomic mass is 19.1. The van der Waals surface area contributed by atoms with E-state index in [1.807, 2.05) is 6.92 Å². The van der Waals surface area contributed by atoms with E-state index in [9.17, 15) is 9.18 Å². The molecule has 1 saturated heterocycles. The summed E-state index contributed by atoms with van der Waals surface area (Å²) in [5, 5.41) is 6.75. The van der Waals surface area contributed by atoms with Crippen LogP contribution in [-0.4, -0.2) is 46.8 Å². The third kappa shape index (κ3) is 4.71. The van der Waals surface area contributed by atoms with Crippen LogP contribution in [0.4, 0.5) is 9.18 Å². The number of nitrogens with one attached hydrogen (secondary N) is 1. The van der Waals surface area contributed by atoms with Crippen molar-refractivity contribution >= 4 is 6.03 Å². The number of hydrogen-bond acceptors (Lipinski definition) is 5. The summed E-state index contributed by atoms with van der Waals surface area (Å²) in [6, 6.07) is 5.48. The van der Waals surface area contributed by atoms with E-state index in [-0.39, 0.29) is 23.8 Å².